The van der Waals surface area contributed by atoms with Gasteiger partial charge in [0, 0.05) is 0 Å². The van der Waals surface area contributed by atoms with Crippen LogP contribution < -0.4 is 0 Å². The molecule has 0 aromatic heterocycles. The first-order valence-corrected chi connectivity index (χ1v) is 6.61. The van der Waals surface area contributed by atoms with E-state index in [1.165, 1.54) is 0 Å². The summed E-state index contributed by atoms with van der Waals surface area (Å²) in [5.41, 5.74) is -0.376. The molecule has 1 aliphatic rings. The number of hydrogen-bond donors (Lipinski definition) is 3. The second kappa shape index (κ2) is 6.47. The van der Waals surface area contributed by atoms with E-state index in [0.717, 1.165) is 0 Å². The van der Waals surface area contributed by atoms with Gasteiger partial charge in [-0.25, -0.2) is 0 Å². The molecule has 19 heavy (non-hydrogen) atoms. The van der Waals surface area contributed by atoms with Crippen LogP contribution in [0.2, 0.25) is 0 Å². The van der Waals surface area contributed by atoms with Crippen LogP contribution in [0.15, 0.2) is 0 Å². The third kappa shape index (κ3) is 4.98. The molecule has 3 N–H and O–H groups in total. The Balaban J connectivity index is 2.65. The third-order valence-corrected chi connectivity index (χ3v) is 2.76. The van der Waals surface area contributed by atoms with Gasteiger partial charge in [-0.1, -0.05) is 0 Å². The molecule has 0 aromatic carbocycles. The summed E-state index contributed by atoms with van der Waals surface area (Å²) in [7, 11) is 0. The Bertz CT molecular complexity index is 275. The molecule has 0 saturated carbocycles. The maximum atomic E-state index is 9.89. The lowest BCUT2D eigenvalue weighted by molar-refractivity contribution is -0.312. The van der Waals surface area contributed by atoms with Crippen molar-refractivity contribution >= 4 is 0 Å². The highest BCUT2D eigenvalue weighted by atomic mass is 16.7. The van der Waals surface area contributed by atoms with Gasteiger partial charge in [-0.15, -0.1) is 0 Å². The zero-order valence-corrected chi connectivity index (χ0v) is 12.2. The van der Waals surface area contributed by atoms with Gasteiger partial charge in [-0.2, -0.15) is 0 Å². The fourth-order valence-electron chi connectivity index (χ4n) is 1.77. The Morgan fingerprint density at radius 3 is 2.11 bits per heavy atom. The van der Waals surface area contributed by atoms with Gasteiger partial charge < -0.3 is 29.5 Å². The first-order chi connectivity index (χ1) is 8.61. The summed E-state index contributed by atoms with van der Waals surface area (Å²) in [4.78, 5) is 0. The maximum absolute atomic E-state index is 9.89. The Morgan fingerprint density at radius 1 is 1.05 bits per heavy atom. The summed E-state index contributed by atoms with van der Waals surface area (Å²) in [6.07, 6.45) is -5.65. The molecule has 0 amide bonds. The van der Waals surface area contributed by atoms with Crippen molar-refractivity contribution in [3.05, 3.63) is 0 Å². The van der Waals surface area contributed by atoms with Crippen molar-refractivity contribution in [2.24, 2.45) is 0 Å². The number of hydrogen-bond acceptors (Lipinski definition) is 6. The molecule has 0 bridgehead atoms. The SMILES string of the molecule is CC(C)O[C@H]1OC(COC(C)(C)C)[C@@H](O)[C@H](O)[C@H]1O. The van der Waals surface area contributed by atoms with Crippen molar-refractivity contribution in [1.82, 2.24) is 0 Å². The molecule has 1 aliphatic heterocycles. The zero-order chi connectivity index (χ0) is 14.8. The van der Waals surface area contributed by atoms with E-state index in [1.54, 1.807) is 13.8 Å². The van der Waals surface area contributed by atoms with E-state index in [-0.39, 0.29) is 18.3 Å². The van der Waals surface area contributed by atoms with Gasteiger partial charge in [0.1, 0.15) is 24.4 Å². The van der Waals surface area contributed by atoms with Gasteiger partial charge >= 0.3 is 0 Å². The molecular weight excluding hydrogens is 252 g/mol. The molecule has 0 aliphatic carbocycles. The van der Waals surface area contributed by atoms with E-state index in [9.17, 15) is 15.3 Å². The van der Waals surface area contributed by atoms with Crippen molar-refractivity contribution in [2.75, 3.05) is 6.61 Å². The van der Waals surface area contributed by atoms with Crippen LogP contribution in [0.5, 0.6) is 0 Å². The van der Waals surface area contributed by atoms with Crippen molar-refractivity contribution in [3.63, 3.8) is 0 Å². The summed E-state index contributed by atoms with van der Waals surface area (Å²) >= 11 is 0. The second-order valence-corrected chi connectivity index (χ2v) is 6.12. The molecular formula is C13H26O6. The molecule has 5 atom stereocenters. The molecule has 114 valence electrons. The zero-order valence-electron chi connectivity index (χ0n) is 12.2. The smallest absolute Gasteiger partial charge is 0.186 e. The van der Waals surface area contributed by atoms with Gasteiger partial charge in [0.15, 0.2) is 6.29 Å². The third-order valence-electron chi connectivity index (χ3n) is 2.76. The average molecular weight is 278 g/mol. The highest BCUT2D eigenvalue weighted by molar-refractivity contribution is 4.89. The first-order valence-electron chi connectivity index (χ1n) is 6.61. The van der Waals surface area contributed by atoms with E-state index in [0.29, 0.717) is 0 Å². The van der Waals surface area contributed by atoms with Crippen molar-refractivity contribution in [2.45, 2.75) is 77.0 Å². The largest absolute Gasteiger partial charge is 0.387 e. The molecule has 1 unspecified atom stereocenters. The predicted molar refractivity (Wildman–Crippen MR) is 68.6 cm³/mol. The Hall–Kier alpha value is -0.240. The lowest BCUT2D eigenvalue weighted by atomic mass is 9.99. The minimum atomic E-state index is -1.31. The van der Waals surface area contributed by atoms with Crippen molar-refractivity contribution in [1.29, 1.82) is 0 Å². The molecule has 0 aromatic rings. The van der Waals surface area contributed by atoms with Crippen LogP contribution in [0.4, 0.5) is 0 Å². The molecule has 6 nitrogen and oxygen atoms in total. The molecule has 1 heterocycles. The summed E-state index contributed by atoms with van der Waals surface area (Å²) in [6.45, 7) is 9.37. The average Bonchev–Trinajstić information content (AvgIpc) is 2.26. The van der Waals surface area contributed by atoms with Gasteiger partial charge in [0.05, 0.1) is 18.3 Å². The molecule has 1 rings (SSSR count). The quantitative estimate of drug-likeness (QED) is 0.672. The minimum absolute atomic E-state index is 0.117. The topological polar surface area (TPSA) is 88.4 Å². The fraction of sp³-hybridized carbons (Fsp3) is 1.00. The summed E-state index contributed by atoms with van der Waals surface area (Å²) in [6, 6.07) is 0. The van der Waals surface area contributed by atoms with Crippen LogP contribution >= 0.6 is 0 Å². The normalized spacial score (nSPS) is 36.8. The standard InChI is InChI=1S/C13H26O6/c1-7(2)18-12-11(16)10(15)9(14)8(19-12)6-17-13(3,4)5/h7-12,14-16H,6H2,1-5H3/t8?,9-,10+,11-,12+/m1/s1. The van der Waals surface area contributed by atoms with Crippen LogP contribution in [0, 0.1) is 0 Å². The molecule has 1 fully saturated rings. The van der Waals surface area contributed by atoms with Crippen molar-refractivity contribution in [3.8, 4) is 0 Å². The Morgan fingerprint density at radius 2 is 1.63 bits per heavy atom. The monoisotopic (exact) mass is 278 g/mol. The van der Waals surface area contributed by atoms with Gasteiger partial charge in [0.25, 0.3) is 0 Å². The van der Waals surface area contributed by atoms with Crippen LogP contribution in [-0.4, -0.2) is 64.3 Å². The minimum Gasteiger partial charge on any atom is -0.387 e. The van der Waals surface area contributed by atoms with E-state index >= 15 is 0 Å². The van der Waals surface area contributed by atoms with Crippen LogP contribution in [0.25, 0.3) is 0 Å². The summed E-state index contributed by atoms with van der Waals surface area (Å²) in [5, 5.41) is 29.5. The maximum Gasteiger partial charge on any atom is 0.186 e. The number of rotatable bonds is 4. The number of aliphatic hydroxyl groups excluding tert-OH is 3. The van der Waals surface area contributed by atoms with Crippen LogP contribution in [-0.2, 0) is 14.2 Å². The Labute approximate surface area is 114 Å². The molecule has 0 radical (unpaired) electrons. The Kier molecular flexibility index (Phi) is 5.73. The highest BCUT2D eigenvalue weighted by Crippen LogP contribution is 2.24. The summed E-state index contributed by atoms with van der Waals surface area (Å²) in [5.74, 6) is 0. The van der Waals surface area contributed by atoms with Gasteiger partial charge in [0.2, 0.25) is 0 Å². The number of aliphatic hydroxyl groups is 3. The van der Waals surface area contributed by atoms with E-state index in [4.69, 9.17) is 14.2 Å². The summed E-state index contributed by atoms with van der Waals surface area (Å²) < 4.78 is 16.4. The lowest BCUT2D eigenvalue weighted by Crippen LogP contribution is -2.60. The van der Waals surface area contributed by atoms with Crippen LogP contribution in [0.1, 0.15) is 34.6 Å². The lowest BCUT2D eigenvalue weighted by Gasteiger charge is -2.41. The first kappa shape index (κ1) is 16.8. The number of ether oxygens (including phenoxy) is 3. The van der Waals surface area contributed by atoms with E-state index in [2.05, 4.69) is 0 Å². The van der Waals surface area contributed by atoms with Gasteiger partial charge in [-0.3, -0.25) is 0 Å². The highest BCUT2D eigenvalue weighted by Gasteiger charge is 2.44. The van der Waals surface area contributed by atoms with Crippen molar-refractivity contribution < 1.29 is 29.5 Å². The predicted octanol–water partition coefficient (Wildman–Crippen LogP) is 0.0341. The second-order valence-electron chi connectivity index (χ2n) is 6.12. The van der Waals surface area contributed by atoms with E-state index < -0.39 is 30.7 Å². The van der Waals surface area contributed by atoms with Gasteiger partial charge in [-0.05, 0) is 34.6 Å². The fourth-order valence-corrected chi connectivity index (χ4v) is 1.77. The molecule has 0 spiro atoms. The molecule has 1 saturated heterocycles. The van der Waals surface area contributed by atoms with E-state index in [1.807, 2.05) is 20.8 Å². The van der Waals surface area contributed by atoms with Crippen LogP contribution in [0.3, 0.4) is 0 Å². The molecule has 6 heteroatoms.